The molecule has 0 radical (unpaired) electrons. The maximum Gasteiger partial charge on any atom is 0.237 e. The van der Waals surface area contributed by atoms with Gasteiger partial charge in [0, 0.05) is 6.54 Å². The third kappa shape index (κ3) is 3.39. The lowest BCUT2D eigenvalue weighted by atomic mass is 10.2. The first kappa shape index (κ1) is 14.1. The highest BCUT2D eigenvalue weighted by atomic mass is 32.2. The summed E-state index contributed by atoms with van der Waals surface area (Å²) in [4.78, 5) is 0. The largest absolute Gasteiger partial charge is 0.382 e. The molecule has 0 amide bonds. The van der Waals surface area contributed by atoms with Crippen LogP contribution in [0, 0.1) is 0 Å². The van der Waals surface area contributed by atoms with Crippen LogP contribution in [-0.2, 0) is 14.8 Å². The molecule has 2 rings (SSSR count). The van der Waals surface area contributed by atoms with Crippen LogP contribution < -0.4 is 9.62 Å². The highest BCUT2D eigenvalue weighted by molar-refractivity contribution is 7.92. The Hall–Kier alpha value is -1.27. The minimum absolute atomic E-state index is 0.0134. The van der Waals surface area contributed by atoms with Crippen molar-refractivity contribution >= 4 is 21.4 Å². The van der Waals surface area contributed by atoms with Gasteiger partial charge in [-0.2, -0.15) is 0 Å². The molecule has 0 atom stereocenters. The summed E-state index contributed by atoms with van der Waals surface area (Å²) < 4.78 is 31.5. The number of sulfonamides is 1. The summed E-state index contributed by atoms with van der Waals surface area (Å²) in [6.07, 6.45) is 0.0468. The number of hydrogen-bond acceptors (Lipinski definition) is 4. The Balaban J connectivity index is 2.13. The standard InChI is InChI=1S/C13H20N2O3S/c1-11(2)18-9-10-19(16,17)15-8-7-14-12-5-3-4-6-13(12)15/h3-6,11,14H,7-10H2,1-2H3. The van der Waals surface area contributed by atoms with Crippen LogP contribution in [0.4, 0.5) is 11.4 Å². The molecule has 1 aromatic rings. The van der Waals surface area contributed by atoms with E-state index in [4.69, 9.17) is 4.74 Å². The van der Waals surface area contributed by atoms with Crippen molar-refractivity contribution in [2.45, 2.75) is 20.0 Å². The number of nitrogens with zero attached hydrogens (tertiary/aromatic N) is 1. The summed E-state index contributed by atoms with van der Waals surface area (Å²) in [6.45, 7) is 5.11. The number of rotatable bonds is 5. The first-order valence-corrected chi connectivity index (χ1v) is 8.06. The molecule has 6 heteroatoms. The fourth-order valence-electron chi connectivity index (χ4n) is 2.04. The van der Waals surface area contributed by atoms with E-state index in [9.17, 15) is 8.42 Å². The molecule has 1 N–H and O–H groups in total. The maximum absolute atomic E-state index is 12.3. The molecule has 1 aliphatic heterocycles. The van der Waals surface area contributed by atoms with Gasteiger partial charge in [0.05, 0.1) is 36.4 Å². The van der Waals surface area contributed by atoms with Crippen molar-refractivity contribution in [3.8, 4) is 0 Å². The van der Waals surface area contributed by atoms with E-state index in [0.717, 1.165) is 11.4 Å². The van der Waals surface area contributed by atoms with E-state index in [1.54, 1.807) is 0 Å². The number of anilines is 2. The van der Waals surface area contributed by atoms with Gasteiger partial charge in [-0.15, -0.1) is 0 Å². The molecule has 0 fully saturated rings. The lowest BCUT2D eigenvalue weighted by Gasteiger charge is -2.31. The number of nitrogens with one attached hydrogen (secondary N) is 1. The summed E-state index contributed by atoms with van der Waals surface area (Å²) >= 11 is 0. The van der Waals surface area contributed by atoms with Crippen molar-refractivity contribution in [3.63, 3.8) is 0 Å². The molecule has 1 aromatic carbocycles. The van der Waals surface area contributed by atoms with Crippen LogP contribution in [0.2, 0.25) is 0 Å². The zero-order chi connectivity index (χ0) is 13.9. The van der Waals surface area contributed by atoms with Crippen LogP contribution in [0.3, 0.4) is 0 Å². The molecule has 5 nitrogen and oxygen atoms in total. The lowest BCUT2D eigenvalue weighted by molar-refractivity contribution is 0.0912. The van der Waals surface area contributed by atoms with E-state index in [1.807, 2.05) is 38.1 Å². The second-order valence-electron chi connectivity index (χ2n) is 4.75. The molecule has 19 heavy (non-hydrogen) atoms. The SMILES string of the molecule is CC(C)OCCS(=O)(=O)N1CCNc2ccccc21. The van der Waals surface area contributed by atoms with E-state index < -0.39 is 10.0 Å². The fourth-order valence-corrected chi connectivity index (χ4v) is 3.40. The second-order valence-corrected chi connectivity index (χ2v) is 6.76. The molecule has 1 heterocycles. The summed E-state index contributed by atoms with van der Waals surface area (Å²) in [5.74, 6) is 0.0134. The highest BCUT2D eigenvalue weighted by Crippen LogP contribution is 2.30. The van der Waals surface area contributed by atoms with Gasteiger partial charge < -0.3 is 10.1 Å². The molecule has 0 spiro atoms. The van der Waals surface area contributed by atoms with Gasteiger partial charge in [-0.05, 0) is 26.0 Å². The van der Waals surface area contributed by atoms with Gasteiger partial charge in [0.1, 0.15) is 0 Å². The Bertz CT molecular complexity index is 528. The predicted molar refractivity (Wildman–Crippen MR) is 77.2 cm³/mol. The highest BCUT2D eigenvalue weighted by Gasteiger charge is 2.26. The van der Waals surface area contributed by atoms with Gasteiger partial charge >= 0.3 is 0 Å². The molecule has 0 unspecified atom stereocenters. The zero-order valence-electron chi connectivity index (χ0n) is 11.3. The van der Waals surface area contributed by atoms with Gasteiger partial charge in [0.25, 0.3) is 0 Å². The third-order valence-electron chi connectivity index (χ3n) is 2.93. The predicted octanol–water partition coefficient (Wildman–Crippen LogP) is 1.67. The first-order valence-electron chi connectivity index (χ1n) is 6.45. The van der Waals surface area contributed by atoms with Crippen molar-refractivity contribution in [3.05, 3.63) is 24.3 Å². The zero-order valence-corrected chi connectivity index (χ0v) is 12.1. The van der Waals surface area contributed by atoms with Crippen molar-refractivity contribution < 1.29 is 13.2 Å². The molecular weight excluding hydrogens is 264 g/mol. The third-order valence-corrected chi connectivity index (χ3v) is 4.66. The summed E-state index contributed by atoms with van der Waals surface area (Å²) in [5.41, 5.74) is 1.58. The van der Waals surface area contributed by atoms with Crippen LogP contribution in [0.1, 0.15) is 13.8 Å². The Kier molecular flexibility index (Phi) is 4.31. The smallest absolute Gasteiger partial charge is 0.237 e. The van der Waals surface area contributed by atoms with Crippen molar-refractivity contribution in [1.29, 1.82) is 0 Å². The Labute approximate surface area is 114 Å². The van der Waals surface area contributed by atoms with Crippen LogP contribution >= 0.6 is 0 Å². The van der Waals surface area contributed by atoms with Gasteiger partial charge in [0.15, 0.2) is 0 Å². The fraction of sp³-hybridized carbons (Fsp3) is 0.538. The molecule has 0 aromatic heterocycles. The van der Waals surface area contributed by atoms with Crippen LogP contribution in [0.25, 0.3) is 0 Å². The molecule has 0 aliphatic carbocycles. The summed E-state index contributed by atoms with van der Waals surface area (Å²) in [6, 6.07) is 7.45. The van der Waals surface area contributed by atoms with Crippen molar-refractivity contribution in [1.82, 2.24) is 0 Å². The number of para-hydroxylation sites is 2. The van der Waals surface area contributed by atoms with Crippen LogP contribution in [0.5, 0.6) is 0 Å². The lowest BCUT2D eigenvalue weighted by Crippen LogP contribution is -2.41. The van der Waals surface area contributed by atoms with Gasteiger partial charge in [0.2, 0.25) is 10.0 Å². The number of benzene rings is 1. The molecule has 106 valence electrons. The molecule has 0 saturated heterocycles. The quantitative estimate of drug-likeness (QED) is 0.893. The van der Waals surface area contributed by atoms with E-state index in [2.05, 4.69) is 5.32 Å². The van der Waals surface area contributed by atoms with Gasteiger partial charge in [-0.25, -0.2) is 8.42 Å². The molecule has 0 saturated carbocycles. The van der Waals surface area contributed by atoms with E-state index in [0.29, 0.717) is 13.1 Å². The summed E-state index contributed by atoms with van der Waals surface area (Å²) in [7, 11) is -3.32. The normalized spacial score (nSPS) is 15.2. The number of hydrogen-bond donors (Lipinski definition) is 1. The Morgan fingerprint density at radius 1 is 1.37 bits per heavy atom. The Morgan fingerprint density at radius 2 is 2.11 bits per heavy atom. The topological polar surface area (TPSA) is 58.6 Å². The van der Waals surface area contributed by atoms with E-state index in [1.165, 1.54) is 4.31 Å². The van der Waals surface area contributed by atoms with E-state index >= 15 is 0 Å². The Morgan fingerprint density at radius 3 is 2.84 bits per heavy atom. The average molecular weight is 284 g/mol. The monoisotopic (exact) mass is 284 g/mol. The molecular formula is C13H20N2O3S. The van der Waals surface area contributed by atoms with Gasteiger partial charge in [-0.1, -0.05) is 12.1 Å². The average Bonchev–Trinajstić information content (AvgIpc) is 2.37. The number of fused-ring (bicyclic) bond motifs is 1. The van der Waals surface area contributed by atoms with Crippen LogP contribution in [-0.4, -0.2) is 40.0 Å². The second kappa shape index (κ2) is 5.79. The van der Waals surface area contributed by atoms with E-state index in [-0.39, 0.29) is 18.5 Å². The molecule has 0 bridgehead atoms. The summed E-state index contributed by atoms with van der Waals surface area (Å²) in [5, 5.41) is 3.20. The van der Waals surface area contributed by atoms with Crippen molar-refractivity contribution in [2.75, 3.05) is 35.1 Å². The minimum Gasteiger partial charge on any atom is -0.382 e. The van der Waals surface area contributed by atoms with Crippen molar-refractivity contribution in [2.24, 2.45) is 0 Å². The first-order chi connectivity index (χ1) is 9.00. The van der Waals surface area contributed by atoms with Crippen LogP contribution in [0.15, 0.2) is 24.3 Å². The van der Waals surface area contributed by atoms with Gasteiger partial charge in [-0.3, -0.25) is 4.31 Å². The number of ether oxygens (including phenoxy) is 1. The molecule has 1 aliphatic rings. The maximum atomic E-state index is 12.3. The minimum atomic E-state index is -3.32.